The van der Waals surface area contributed by atoms with Crippen LogP contribution >= 0.6 is 23.2 Å². The predicted octanol–water partition coefficient (Wildman–Crippen LogP) is 2.45. The summed E-state index contributed by atoms with van der Waals surface area (Å²) >= 11 is 10.8. The summed E-state index contributed by atoms with van der Waals surface area (Å²) in [6.45, 7) is 3.58. The highest BCUT2D eigenvalue weighted by molar-refractivity contribution is 6.21. The maximum absolute atomic E-state index is 5.49. The minimum Gasteiger partial charge on any atom is -0.127 e. The van der Waals surface area contributed by atoms with E-state index >= 15 is 0 Å². The molecule has 0 bridgehead atoms. The van der Waals surface area contributed by atoms with Gasteiger partial charge in [-0.05, 0) is 19.8 Å². The lowest BCUT2D eigenvalue weighted by Crippen LogP contribution is -1.89. The van der Waals surface area contributed by atoms with Crippen molar-refractivity contribution in [3.8, 4) is 0 Å². The molecule has 2 heteroatoms. The van der Waals surface area contributed by atoms with Gasteiger partial charge < -0.3 is 0 Å². The first-order valence-electron chi connectivity index (χ1n) is 2.30. The van der Waals surface area contributed by atoms with Crippen molar-refractivity contribution in [2.45, 2.75) is 18.2 Å². The molecular formula is C5H9Cl2. The summed E-state index contributed by atoms with van der Waals surface area (Å²) in [5.41, 5.74) is 0. The molecule has 0 amide bonds. The summed E-state index contributed by atoms with van der Waals surface area (Å²) in [5.74, 6) is 0.693. The van der Waals surface area contributed by atoms with Crippen molar-refractivity contribution in [2.24, 2.45) is 0 Å². The monoisotopic (exact) mass is 139 g/mol. The lowest BCUT2D eigenvalue weighted by molar-refractivity contribution is 0.824. The molecule has 1 atom stereocenters. The SMILES string of the molecule is [CH2]C(Cl)CCCCl. The fourth-order valence-corrected chi connectivity index (χ4v) is 0.607. The van der Waals surface area contributed by atoms with E-state index in [9.17, 15) is 0 Å². The van der Waals surface area contributed by atoms with Gasteiger partial charge in [0.1, 0.15) is 0 Å². The van der Waals surface area contributed by atoms with Gasteiger partial charge in [-0.2, -0.15) is 0 Å². The van der Waals surface area contributed by atoms with Crippen LogP contribution in [0.15, 0.2) is 0 Å². The molecule has 0 spiro atoms. The van der Waals surface area contributed by atoms with Gasteiger partial charge in [-0.1, -0.05) is 0 Å². The van der Waals surface area contributed by atoms with Crippen LogP contribution in [0.3, 0.4) is 0 Å². The molecule has 0 aromatic heterocycles. The third-order valence-electron chi connectivity index (χ3n) is 0.651. The first-order chi connectivity index (χ1) is 3.27. The van der Waals surface area contributed by atoms with Crippen LogP contribution in [0.4, 0.5) is 0 Å². The molecule has 0 aromatic rings. The van der Waals surface area contributed by atoms with E-state index in [0.717, 1.165) is 12.8 Å². The van der Waals surface area contributed by atoms with Crippen LogP contribution in [-0.4, -0.2) is 11.3 Å². The van der Waals surface area contributed by atoms with Crippen molar-refractivity contribution in [1.29, 1.82) is 0 Å². The summed E-state index contributed by atoms with van der Waals surface area (Å²) < 4.78 is 0. The van der Waals surface area contributed by atoms with Crippen LogP contribution in [0.25, 0.3) is 0 Å². The zero-order chi connectivity index (χ0) is 5.70. The zero-order valence-electron chi connectivity index (χ0n) is 4.16. The van der Waals surface area contributed by atoms with Crippen molar-refractivity contribution in [1.82, 2.24) is 0 Å². The third-order valence-corrected chi connectivity index (χ3v) is 1.14. The highest BCUT2D eigenvalue weighted by Gasteiger charge is 1.92. The van der Waals surface area contributed by atoms with E-state index in [4.69, 9.17) is 23.2 Å². The maximum atomic E-state index is 5.49. The average molecular weight is 140 g/mol. The van der Waals surface area contributed by atoms with E-state index in [1.807, 2.05) is 0 Å². The molecule has 0 rings (SSSR count). The summed E-state index contributed by atoms with van der Waals surface area (Å²) in [6, 6.07) is 0. The second kappa shape index (κ2) is 4.73. The Morgan fingerprint density at radius 1 is 1.57 bits per heavy atom. The van der Waals surface area contributed by atoms with Crippen LogP contribution in [0.2, 0.25) is 0 Å². The maximum Gasteiger partial charge on any atom is 0.0337 e. The summed E-state index contributed by atoms with van der Waals surface area (Å²) in [7, 11) is 0. The average Bonchev–Trinajstić information content (AvgIpc) is 1.61. The molecule has 1 radical (unpaired) electrons. The number of alkyl halides is 2. The third kappa shape index (κ3) is 6.58. The molecule has 43 valence electrons. The van der Waals surface area contributed by atoms with Gasteiger partial charge in [0.15, 0.2) is 0 Å². The molecule has 0 aliphatic rings. The van der Waals surface area contributed by atoms with Gasteiger partial charge in [0, 0.05) is 11.3 Å². The molecule has 0 aliphatic heterocycles. The Hall–Kier alpha value is 0.580. The molecule has 7 heavy (non-hydrogen) atoms. The molecule has 0 heterocycles. The molecule has 0 saturated carbocycles. The van der Waals surface area contributed by atoms with Gasteiger partial charge in [0.25, 0.3) is 0 Å². The van der Waals surface area contributed by atoms with Gasteiger partial charge in [0.05, 0.1) is 0 Å². The Morgan fingerprint density at radius 3 is 2.29 bits per heavy atom. The predicted molar refractivity (Wildman–Crippen MR) is 35.0 cm³/mol. The lowest BCUT2D eigenvalue weighted by atomic mass is 10.3. The van der Waals surface area contributed by atoms with Crippen LogP contribution < -0.4 is 0 Å². The first kappa shape index (κ1) is 7.58. The number of halogens is 2. The number of rotatable bonds is 3. The standard InChI is InChI=1S/C5H9Cl2/c1-5(7)3-2-4-6/h5H,1-4H2. The van der Waals surface area contributed by atoms with E-state index in [1.165, 1.54) is 0 Å². The Morgan fingerprint density at radius 2 is 2.14 bits per heavy atom. The Kier molecular flexibility index (Phi) is 5.12. The summed E-state index contributed by atoms with van der Waals surface area (Å²) in [5, 5.41) is 0.0405. The van der Waals surface area contributed by atoms with Crippen molar-refractivity contribution >= 4 is 23.2 Å². The van der Waals surface area contributed by atoms with E-state index in [-0.39, 0.29) is 5.38 Å². The van der Waals surface area contributed by atoms with Gasteiger partial charge >= 0.3 is 0 Å². The fourth-order valence-electron chi connectivity index (χ4n) is 0.299. The quantitative estimate of drug-likeness (QED) is 0.528. The Labute approximate surface area is 54.8 Å². The van der Waals surface area contributed by atoms with Crippen LogP contribution in [0.1, 0.15) is 12.8 Å². The topological polar surface area (TPSA) is 0 Å². The van der Waals surface area contributed by atoms with Crippen molar-refractivity contribution in [2.75, 3.05) is 5.88 Å². The largest absolute Gasteiger partial charge is 0.127 e. The van der Waals surface area contributed by atoms with E-state index in [2.05, 4.69) is 6.92 Å². The molecule has 0 N–H and O–H groups in total. The minimum atomic E-state index is 0.0405. The summed E-state index contributed by atoms with van der Waals surface area (Å²) in [6.07, 6.45) is 1.89. The normalized spacial score (nSPS) is 14.1. The number of hydrogen-bond donors (Lipinski definition) is 0. The molecule has 1 unspecified atom stereocenters. The van der Waals surface area contributed by atoms with Gasteiger partial charge in [-0.3, -0.25) is 0 Å². The second-order valence-corrected chi connectivity index (χ2v) is 2.42. The number of hydrogen-bond acceptors (Lipinski definition) is 0. The molecule has 0 fully saturated rings. The molecule has 0 saturated heterocycles. The van der Waals surface area contributed by atoms with Crippen LogP contribution in [-0.2, 0) is 0 Å². The van der Waals surface area contributed by atoms with Crippen LogP contribution in [0, 0.1) is 6.92 Å². The van der Waals surface area contributed by atoms with Gasteiger partial charge in [-0.25, -0.2) is 0 Å². The second-order valence-electron chi connectivity index (χ2n) is 1.43. The molecule has 0 nitrogen and oxygen atoms in total. The fraction of sp³-hybridized carbons (Fsp3) is 0.800. The highest BCUT2D eigenvalue weighted by atomic mass is 35.5. The molecular weight excluding hydrogens is 131 g/mol. The van der Waals surface area contributed by atoms with Crippen molar-refractivity contribution < 1.29 is 0 Å². The lowest BCUT2D eigenvalue weighted by Gasteiger charge is -1.95. The van der Waals surface area contributed by atoms with Gasteiger partial charge in [-0.15, -0.1) is 23.2 Å². The summed E-state index contributed by atoms with van der Waals surface area (Å²) in [4.78, 5) is 0. The highest BCUT2D eigenvalue weighted by Crippen LogP contribution is 2.02. The Bertz CT molecular complexity index is 35.1. The van der Waals surface area contributed by atoms with E-state index in [0.29, 0.717) is 5.88 Å². The molecule has 0 aliphatic carbocycles. The smallest absolute Gasteiger partial charge is 0.0337 e. The van der Waals surface area contributed by atoms with Crippen molar-refractivity contribution in [3.05, 3.63) is 6.92 Å². The minimum absolute atomic E-state index is 0.0405. The van der Waals surface area contributed by atoms with E-state index in [1.54, 1.807) is 0 Å². The zero-order valence-corrected chi connectivity index (χ0v) is 5.67. The van der Waals surface area contributed by atoms with E-state index < -0.39 is 0 Å². The first-order valence-corrected chi connectivity index (χ1v) is 3.27. The van der Waals surface area contributed by atoms with Crippen molar-refractivity contribution in [3.63, 3.8) is 0 Å². The Balaban J connectivity index is 2.68. The van der Waals surface area contributed by atoms with Crippen LogP contribution in [0.5, 0.6) is 0 Å². The molecule has 0 aromatic carbocycles. The van der Waals surface area contributed by atoms with Gasteiger partial charge in [0.2, 0.25) is 0 Å².